The summed E-state index contributed by atoms with van der Waals surface area (Å²) in [5.41, 5.74) is 0.513. The summed E-state index contributed by atoms with van der Waals surface area (Å²) in [6.07, 6.45) is 2.26. The second-order valence-corrected chi connectivity index (χ2v) is 4.30. The Morgan fingerprint density at radius 3 is 2.60 bits per heavy atom. The molecule has 0 fully saturated rings. The number of aromatic nitrogens is 1. The van der Waals surface area contributed by atoms with Gasteiger partial charge in [0.05, 0.1) is 5.56 Å². The summed E-state index contributed by atoms with van der Waals surface area (Å²) in [5.74, 6) is -1.41. The summed E-state index contributed by atoms with van der Waals surface area (Å²) < 4.78 is 0. The van der Waals surface area contributed by atoms with Crippen LogP contribution in [-0.4, -0.2) is 21.7 Å². The SMILES string of the molecule is CCCCC(=O)NC(=O)c1cc(CC)nc([N+](=O)[O-])c1. The highest BCUT2D eigenvalue weighted by Crippen LogP contribution is 2.13. The van der Waals surface area contributed by atoms with Gasteiger partial charge in [0.25, 0.3) is 5.91 Å². The molecule has 0 aliphatic heterocycles. The van der Waals surface area contributed by atoms with Crippen LogP contribution < -0.4 is 5.32 Å². The van der Waals surface area contributed by atoms with Crippen LogP contribution >= 0.6 is 0 Å². The summed E-state index contributed by atoms with van der Waals surface area (Å²) in [6, 6.07) is 2.52. The minimum atomic E-state index is -0.658. The highest BCUT2D eigenvalue weighted by atomic mass is 16.6. The number of amides is 2. The summed E-state index contributed by atoms with van der Waals surface area (Å²) in [4.78, 5) is 37.2. The van der Waals surface area contributed by atoms with Crippen molar-refractivity contribution in [3.8, 4) is 0 Å². The Bertz CT molecular complexity index is 528. The Labute approximate surface area is 116 Å². The first-order valence-corrected chi connectivity index (χ1v) is 6.47. The fraction of sp³-hybridized carbons (Fsp3) is 0.462. The van der Waals surface area contributed by atoms with Crippen LogP contribution in [0.15, 0.2) is 12.1 Å². The highest BCUT2D eigenvalue weighted by Gasteiger charge is 2.18. The maximum absolute atomic E-state index is 11.9. The molecule has 0 aliphatic rings. The van der Waals surface area contributed by atoms with E-state index in [2.05, 4.69) is 10.3 Å². The third kappa shape index (κ3) is 4.42. The molecule has 1 aromatic rings. The van der Waals surface area contributed by atoms with Gasteiger partial charge < -0.3 is 10.1 Å². The van der Waals surface area contributed by atoms with Gasteiger partial charge in [-0.15, -0.1) is 0 Å². The van der Waals surface area contributed by atoms with Crippen molar-refractivity contribution < 1.29 is 14.5 Å². The maximum atomic E-state index is 11.9. The fourth-order valence-electron chi connectivity index (χ4n) is 1.58. The van der Waals surface area contributed by atoms with Crippen LogP contribution in [0.25, 0.3) is 0 Å². The van der Waals surface area contributed by atoms with Crippen LogP contribution in [0.2, 0.25) is 0 Å². The van der Waals surface area contributed by atoms with Gasteiger partial charge in [0, 0.05) is 18.9 Å². The average molecular weight is 279 g/mol. The fourth-order valence-corrected chi connectivity index (χ4v) is 1.58. The molecule has 1 rings (SSSR count). The van der Waals surface area contributed by atoms with Crippen LogP contribution in [0.5, 0.6) is 0 Å². The molecule has 7 nitrogen and oxygen atoms in total. The normalized spacial score (nSPS) is 10.1. The number of nitrogens with one attached hydrogen (secondary N) is 1. The van der Waals surface area contributed by atoms with E-state index in [9.17, 15) is 19.7 Å². The van der Waals surface area contributed by atoms with Gasteiger partial charge in [-0.2, -0.15) is 0 Å². The van der Waals surface area contributed by atoms with Crippen molar-refractivity contribution in [3.05, 3.63) is 33.5 Å². The molecule has 1 heterocycles. The quantitative estimate of drug-likeness (QED) is 0.633. The van der Waals surface area contributed by atoms with Crippen molar-refractivity contribution in [1.82, 2.24) is 10.3 Å². The van der Waals surface area contributed by atoms with E-state index in [1.165, 1.54) is 6.07 Å². The second kappa shape index (κ2) is 7.32. The van der Waals surface area contributed by atoms with E-state index in [0.29, 0.717) is 18.5 Å². The number of rotatable bonds is 6. The zero-order valence-electron chi connectivity index (χ0n) is 11.5. The van der Waals surface area contributed by atoms with Crippen molar-refractivity contribution in [2.75, 3.05) is 0 Å². The molecule has 0 atom stereocenters. The summed E-state index contributed by atoms with van der Waals surface area (Å²) in [6.45, 7) is 3.72. The van der Waals surface area contributed by atoms with Gasteiger partial charge in [0.1, 0.15) is 0 Å². The molecule has 1 N–H and O–H groups in total. The van der Waals surface area contributed by atoms with E-state index in [4.69, 9.17) is 0 Å². The molecule has 0 aliphatic carbocycles. The number of pyridine rings is 1. The molecule has 0 radical (unpaired) electrons. The van der Waals surface area contributed by atoms with Gasteiger partial charge in [0.2, 0.25) is 5.91 Å². The van der Waals surface area contributed by atoms with Gasteiger partial charge in [-0.1, -0.05) is 20.3 Å². The molecular formula is C13H17N3O4. The number of aryl methyl sites for hydroxylation is 1. The number of hydrogen-bond donors (Lipinski definition) is 1. The first-order valence-electron chi connectivity index (χ1n) is 6.47. The number of nitrogens with zero attached hydrogens (tertiary/aromatic N) is 2. The van der Waals surface area contributed by atoms with E-state index in [-0.39, 0.29) is 17.9 Å². The minimum Gasteiger partial charge on any atom is -0.358 e. The first-order chi connectivity index (χ1) is 9.47. The zero-order valence-corrected chi connectivity index (χ0v) is 11.5. The molecule has 2 amide bonds. The van der Waals surface area contributed by atoms with E-state index in [0.717, 1.165) is 12.5 Å². The summed E-state index contributed by atoms with van der Waals surface area (Å²) in [7, 11) is 0. The second-order valence-electron chi connectivity index (χ2n) is 4.30. The summed E-state index contributed by atoms with van der Waals surface area (Å²) >= 11 is 0. The Morgan fingerprint density at radius 2 is 2.05 bits per heavy atom. The molecule has 7 heteroatoms. The Hall–Kier alpha value is -2.31. The van der Waals surface area contributed by atoms with Crippen molar-refractivity contribution in [1.29, 1.82) is 0 Å². The average Bonchev–Trinajstić information content (AvgIpc) is 2.44. The molecule has 0 unspecified atom stereocenters. The smallest absolute Gasteiger partial charge is 0.358 e. The molecule has 1 aromatic heterocycles. The number of unbranched alkanes of at least 4 members (excludes halogenated alkanes) is 1. The third-order valence-electron chi connectivity index (χ3n) is 2.69. The molecular weight excluding hydrogens is 262 g/mol. The van der Waals surface area contributed by atoms with Crippen LogP contribution in [0.4, 0.5) is 5.82 Å². The highest BCUT2D eigenvalue weighted by molar-refractivity contribution is 6.04. The monoisotopic (exact) mass is 279 g/mol. The molecule has 0 bridgehead atoms. The molecule has 20 heavy (non-hydrogen) atoms. The maximum Gasteiger partial charge on any atom is 0.364 e. The minimum absolute atomic E-state index is 0.0772. The molecule has 0 aromatic carbocycles. The lowest BCUT2D eigenvalue weighted by Crippen LogP contribution is -2.30. The van der Waals surface area contributed by atoms with Crippen molar-refractivity contribution in [2.24, 2.45) is 0 Å². The Morgan fingerprint density at radius 1 is 1.35 bits per heavy atom. The predicted molar refractivity (Wildman–Crippen MR) is 72.3 cm³/mol. The van der Waals surface area contributed by atoms with Gasteiger partial charge in [-0.25, -0.2) is 0 Å². The number of hydrogen-bond acceptors (Lipinski definition) is 5. The largest absolute Gasteiger partial charge is 0.364 e. The Balaban J connectivity index is 2.89. The summed E-state index contributed by atoms with van der Waals surface area (Å²) in [5, 5.41) is 13.0. The van der Waals surface area contributed by atoms with Crippen LogP contribution in [0.1, 0.15) is 49.2 Å². The van der Waals surface area contributed by atoms with E-state index in [1.807, 2.05) is 6.92 Å². The number of carbonyl (C=O) groups excluding carboxylic acids is 2. The predicted octanol–water partition coefficient (Wildman–Crippen LogP) is 2.00. The van der Waals surface area contributed by atoms with Gasteiger partial charge >= 0.3 is 5.82 Å². The van der Waals surface area contributed by atoms with Crippen molar-refractivity contribution in [2.45, 2.75) is 39.5 Å². The van der Waals surface area contributed by atoms with Crippen LogP contribution in [0.3, 0.4) is 0 Å². The molecule has 108 valence electrons. The van der Waals surface area contributed by atoms with Gasteiger partial charge in [-0.05, 0) is 22.4 Å². The van der Waals surface area contributed by atoms with E-state index < -0.39 is 16.6 Å². The van der Waals surface area contributed by atoms with Gasteiger partial charge in [-0.3, -0.25) is 14.9 Å². The van der Waals surface area contributed by atoms with E-state index >= 15 is 0 Å². The molecule has 0 saturated heterocycles. The lowest BCUT2D eigenvalue weighted by Gasteiger charge is -2.04. The standard InChI is InChI=1S/C13H17N3O4/c1-3-5-6-12(17)15-13(18)9-7-10(4-2)14-11(8-9)16(19)20/h7-8H,3-6H2,1-2H3,(H,15,17,18). The topological polar surface area (TPSA) is 102 Å². The molecule has 0 spiro atoms. The molecule has 0 saturated carbocycles. The van der Waals surface area contributed by atoms with Gasteiger partial charge in [0.15, 0.2) is 5.69 Å². The van der Waals surface area contributed by atoms with Crippen LogP contribution in [-0.2, 0) is 11.2 Å². The number of nitro groups is 1. The van der Waals surface area contributed by atoms with E-state index in [1.54, 1.807) is 6.92 Å². The Kier molecular flexibility index (Phi) is 5.76. The number of carbonyl (C=O) groups is 2. The first kappa shape index (κ1) is 15.7. The van der Waals surface area contributed by atoms with Crippen molar-refractivity contribution in [3.63, 3.8) is 0 Å². The van der Waals surface area contributed by atoms with Crippen molar-refractivity contribution >= 4 is 17.6 Å². The zero-order chi connectivity index (χ0) is 15.1. The number of imide groups is 1. The third-order valence-corrected chi connectivity index (χ3v) is 2.69. The lowest BCUT2D eigenvalue weighted by atomic mass is 10.1. The van der Waals surface area contributed by atoms with Crippen LogP contribution in [0, 0.1) is 10.1 Å². The lowest BCUT2D eigenvalue weighted by molar-refractivity contribution is -0.389.